The van der Waals surface area contributed by atoms with E-state index in [9.17, 15) is 4.39 Å². The molecule has 21 heavy (non-hydrogen) atoms. The number of rotatable bonds is 3. The maximum absolute atomic E-state index is 13.7. The Kier molecular flexibility index (Phi) is 3.53. The molecular weight excluding hydrogens is 293 g/mol. The second-order valence-electron chi connectivity index (χ2n) is 4.48. The molecule has 0 spiro atoms. The first kappa shape index (κ1) is 13.5. The summed E-state index contributed by atoms with van der Waals surface area (Å²) in [4.78, 5) is 0. The van der Waals surface area contributed by atoms with E-state index in [0.29, 0.717) is 27.7 Å². The summed E-state index contributed by atoms with van der Waals surface area (Å²) in [5, 5.41) is 12.0. The molecule has 2 aromatic carbocycles. The van der Waals surface area contributed by atoms with E-state index in [2.05, 4.69) is 15.5 Å². The van der Waals surface area contributed by atoms with Crippen LogP contribution >= 0.6 is 11.6 Å². The highest BCUT2D eigenvalue weighted by Crippen LogP contribution is 2.26. The van der Waals surface area contributed by atoms with Gasteiger partial charge in [-0.15, -0.1) is 5.10 Å². The predicted octanol–water partition coefficient (Wildman–Crippen LogP) is 2.76. The monoisotopic (exact) mass is 303 g/mol. The lowest BCUT2D eigenvalue weighted by Crippen LogP contribution is -2.07. The molecule has 0 unspecified atom stereocenters. The molecule has 3 rings (SSSR count). The van der Waals surface area contributed by atoms with E-state index in [-0.39, 0.29) is 12.4 Å². The minimum atomic E-state index is -0.303. The maximum atomic E-state index is 13.7. The lowest BCUT2D eigenvalue weighted by atomic mass is 10.1. The van der Waals surface area contributed by atoms with Crippen molar-refractivity contribution < 1.29 is 4.39 Å². The first-order valence-corrected chi connectivity index (χ1v) is 6.58. The first-order valence-electron chi connectivity index (χ1n) is 6.20. The Balaban J connectivity index is 2.00. The van der Waals surface area contributed by atoms with Gasteiger partial charge in [0.2, 0.25) is 0 Å². The van der Waals surface area contributed by atoms with Crippen molar-refractivity contribution in [2.24, 2.45) is 0 Å². The van der Waals surface area contributed by atoms with Crippen LogP contribution in [-0.4, -0.2) is 20.2 Å². The van der Waals surface area contributed by atoms with Gasteiger partial charge in [0, 0.05) is 21.8 Å². The van der Waals surface area contributed by atoms with Gasteiger partial charge in [0.25, 0.3) is 0 Å². The molecule has 0 radical (unpaired) electrons. The van der Waals surface area contributed by atoms with Gasteiger partial charge in [0.15, 0.2) is 5.82 Å². The third-order valence-corrected chi connectivity index (χ3v) is 3.30. The van der Waals surface area contributed by atoms with Crippen LogP contribution in [0.4, 0.5) is 10.1 Å². The van der Waals surface area contributed by atoms with Gasteiger partial charge >= 0.3 is 0 Å². The van der Waals surface area contributed by atoms with Crippen molar-refractivity contribution in [2.45, 2.75) is 6.54 Å². The Morgan fingerprint density at radius 3 is 2.76 bits per heavy atom. The zero-order valence-corrected chi connectivity index (χ0v) is 11.6. The Morgan fingerprint density at radius 2 is 2.00 bits per heavy atom. The van der Waals surface area contributed by atoms with Gasteiger partial charge in [-0.1, -0.05) is 29.8 Å². The molecule has 106 valence electrons. The van der Waals surface area contributed by atoms with E-state index in [1.807, 2.05) is 0 Å². The van der Waals surface area contributed by atoms with Crippen molar-refractivity contribution in [1.29, 1.82) is 0 Å². The van der Waals surface area contributed by atoms with Crippen LogP contribution in [-0.2, 0) is 6.54 Å². The zero-order chi connectivity index (χ0) is 14.8. The largest absolute Gasteiger partial charge is 0.398 e. The quantitative estimate of drug-likeness (QED) is 0.755. The maximum Gasteiger partial charge on any atom is 0.184 e. The fraction of sp³-hybridized carbons (Fsp3) is 0.0714. The molecule has 0 aliphatic carbocycles. The van der Waals surface area contributed by atoms with Gasteiger partial charge in [-0.25, -0.2) is 9.07 Å². The Morgan fingerprint density at radius 1 is 1.19 bits per heavy atom. The van der Waals surface area contributed by atoms with Crippen molar-refractivity contribution in [3.8, 4) is 11.4 Å². The second-order valence-corrected chi connectivity index (χ2v) is 4.92. The standard InChI is InChI=1S/C14H11ClFN5/c15-10-5-6-11(13(17)7-10)14-18-19-20-21(14)8-9-3-1-2-4-12(9)16/h1-7H,8,17H2. The van der Waals surface area contributed by atoms with Crippen molar-refractivity contribution in [2.75, 3.05) is 5.73 Å². The van der Waals surface area contributed by atoms with Crippen LogP contribution in [0.3, 0.4) is 0 Å². The van der Waals surface area contributed by atoms with E-state index in [0.717, 1.165) is 0 Å². The molecule has 0 aliphatic heterocycles. The van der Waals surface area contributed by atoms with Crippen molar-refractivity contribution in [1.82, 2.24) is 20.2 Å². The van der Waals surface area contributed by atoms with E-state index in [1.54, 1.807) is 36.4 Å². The normalized spacial score (nSPS) is 10.8. The number of anilines is 1. The second kappa shape index (κ2) is 5.49. The number of hydrogen-bond acceptors (Lipinski definition) is 4. The van der Waals surface area contributed by atoms with Gasteiger partial charge < -0.3 is 5.73 Å². The molecule has 1 heterocycles. The number of nitrogens with two attached hydrogens (primary N) is 1. The fourth-order valence-corrected chi connectivity index (χ4v) is 2.21. The van der Waals surface area contributed by atoms with Crippen LogP contribution in [0.1, 0.15) is 5.56 Å². The van der Waals surface area contributed by atoms with Crippen LogP contribution in [0.15, 0.2) is 42.5 Å². The van der Waals surface area contributed by atoms with Crippen LogP contribution in [0.2, 0.25) is 5.02 Å². The van der Waals surface area contributed by atoms with Crippen molar-refractivity contribution >= 4 is 17.3 Å². The highest BCUT2D eigenvalue weighted by Gasteiger charge is 2.13. The Hall–Kier alpha value is -2.47. The van der Waals surface area contributed by atoms with Crippen LogP contribution in [0.25, 0.3) is 11.4 Å². The fourth-order valence-electron chi connectivity index (χ4n) is 2.03. The van der Waals surface area contributed by atoms with E-state index >= 15 is 0 Å². The van der Waals surface area contributed by atoms with Gasteiger partial charge in [0.1, 0.15) is 5.82 Å². The van der Waals surface area contributed by atoms with E-state index in [4.69, 9.17) is 17.3 Å². The van der Waals surface area contributed by atoms with Crippen LogP contribution < -0.4 is 5.73 Å². The van der Waals surface area contributed by atoms with Crippen LogP contribution in [0, 0.1) is 5.82 Å². The topological polar surface area (TPSA) is 69.6 Å². The summed E-state index contributed by atoms with van der Waals surface area (Å²) < 4.78 is 15.2. The average Bonchev–Trinajstić information content (AvgIpc) is 2.89. The minimum Gasteiger partial charge on any atom is -0.398 e. The molecule has 3 aromatic rings. The van der Waals surface area contributed by atoms with Gasteiger partial charge in [-0.3, -0.25) is 0 Å². The predicted molar refractivity (Wildman–Crippen MR) is 78.2 cm³/mol. The number of hydrogen-bond donors (Lipinski definition) is 1. The molecule has 1 aromatic heterocycles. The summed E-state index contributed by atoms with van der Waals surface area (Å²) in [6, 6.07) is 11.5. The number of nitrogen functional groups attached to an aromatic ring is 1. The third-order valence-electron chi connectivity index (χ3n) is 3.06. The molecule has 0 saturated carbocycles. The molecular formula is C14H11ClFN5. The smallest absolute Gasteiger partial charge is 0.184 e. The lowest BCUT2D eigenvalue weighted by molar-refractivity contribution is 0.579. The molecule has 0 saturated heterocycles. The highest BCUT2D eigenvalue weighted by molar-refractivity contribution is 6.31. The molecule has 0 amide bonds. The molecule has 0 aliphatic rings. The Bertz CT molecular complexity index is 787. The van der Waals surface area contributed by atoms with Crippen LogP contribution in [0.5, 0.6) is 0 Å². The summed E-state index contributed by atoms with van der Waals surface area (Å²) in [5.41, 5.74) is 7.55. The SMILES string of the molecule is Nc1cc(Cl)ccc1-c1nnnn1Cc1ccccc1F. The highest BCUT2D eigenvalue weighted by atomic mass is 35.5. The number of halogens is 2. The van der Waals surface area contributed by atoms with Gasteiger partial charge in [-0.05, 0) is 34.7 Å². The molecule has 2 N–H and O–H groups in total. The van der Waals surface area contributed by atoms with Gasteiger partial charge in [0.05, 0.1) is 6.54 Å². The van der Waals surface area contributed by atoms with Gasteiger partial charge in [-0.2, -0.15) is 0 Å². The van der Waals surface area contributed by atoms with E-state index < -0.39 is 0 Å². The zero-order valence-electron chi connectivity index (χ0n) is 10.9. The van der Waals surface area contributed by atoms with Crippen molar-refractivity contribution in [3.05, 3.63) is 58.9 Å². The summed E-state index contributed by atoms with van der Waals surface area (Å²) in [6.07, 6.45) is 0. The lowest BCUT2D eigenvalue weighted by Gasteiger charge is -2.08. The van der Waals surface area contributed by atoms with Crippen molar-refractivity contribution in [3.63, 3.8) is 0 Å². The van der Waals surface area contributed by atoms with E-state index in [1.165, 1.54) is 10.7 Å². The first-order chi connectivity index (χ1) is 10.1. The molecule has 0 fully saturated rings. The summed E-state index contributed by atoms with van der Waals surface area (Å²) in [6.45, 7) is 0.219. The number of aromatic nitrogens is 4. The average molecular weight is 304 g/mol. The summed E-state index contributed by atoms with van der Waals surface area (Å²) in [7, 11) is 0. The summed E-state index contributed by atoms with van der Waals surface area (Å²) >= 11 is 5.88. The minimum absolute atomic E-state index is 0.219. The number of tetrazole rings is 1. The number of nitrogens with zero attached hydrogens (tertiary/aromatic N) is 4. The molecule has 0 atom stereocenters. The summed E-state index contributed by atoms with van der Waals surface area (Å²) in [5.74, 6) is 0.162. The third kappa shape index (κ3) is 2.71. The Labute approximate surface area is 125 Å². The number of benzene rings is 2. The molecule has 0 bridgehead atoms. The molecule has 7 heteroatoms. The molecule has 5 nitrogen and oxygen atoms in total.